The van der Waals surface area contributed by atoms with Crippen LogP contribution in [0.5, 0.6) is 0 Å². The molecule has 8 nitrogen and oxygen atoms in total. The molecule has 9 heteroatoms. The number of nitrogens with one attached hydrogen (secondary N) is 1. The molecule has 6 heterocycles. The van der Waals surface area contributed by atoms with Crippen molar-refractivity contribution in [3.05, 3.63) is 35.9 Å². The van der Waals surface area contributed by atoms with Gasteiger partial charge in [-0.2, -0.15) is 5.26 Å². The smallest absolute Gasteiger partial charge is 0.187 e. The fourth-order valence-corrected chi connectivity index (χ4v) is 6.09. The summed E-state index contributed by atoms with van der Waals surface area (Å²) in [5.41, 5.74) is 3.65. The molecule has 2 fully saturated rings. The molecule has 2 bridgehead atoms. The van der Waals surface area contributed by atoms with Crippen molar-refractivity contribution in [2.75, 3.05) is 11.9 Å². The van der Waals surface area contributed by atoms with Gasteiger partial charge in [-0.25, -0.2) is 19.9 Å². The lowest BCUT2D eigenvalue weighted by atomic mass is 9.83. The minimum atomic E-state index is 0.504. The highest BCUT2D eigenvalue weighted by Crippen LogP contribution is 2.34. The molecule has 162 valence electrons. The molecule has 2 aliphatic heterocycles. The number of nitriles is 1. The van der Waals surface area contributed by atoms with E-state index in [9.17, 15) is 5.26 Å². The van der Waals surface area contributed by atoms with Gasteiger partial charge in [-0.15, -0.1) is 0 Å². The Morgan fingerprint density at radius 1 is 1.19 bits per heavy atom. The summed E-state index contributed by atoms with van der Waals surface area (Å²) in [6, 6.07) is 5.82. The van der Waals surface area contributed by atoms with Gasteiger partial charge in [0.25, 0.3) is 0 Å². The van der Waals surface area contributed by atoms with E-state index >= 15 is 0 Å². The number of aromatic nitrogens is 5. The minimum Gasteiger partial charge on any atom is -0.348 e. The Hall–Kier alpha value is -3.09. The monoisotopic (exact) mass is 444 g/mol. The maximum atomic E-state index is 9.57. The molecule has 1 N–H and O–H groups in total. The van der Waals surface area contributed by atoms with Crippen LogP contribution in [0, 0.1) is 18.3 Å². The molecule has 32 heavy (non-hydrogen) atoms. The Kier molecular flexibility index (Phi) is 4.59. The van der Waals surface area contributed by atoms with Crippen molar-refractivity contribution < 1.29 is 0 Å². The fraction of sp³-hybridized carbons (Fsp3) is 0.435. The summed E-state index contributed by atoms with van der Waals surface area (Å²) in [6.45, 7) is 1.92. The van der Waals surface area contributed by atoms with Gasteiger partial charge in [-0.1, -0.05) is 17.8 Å². The zero-order valence-electron chi connectivity index (χ0n) is 18.1. The Bertz CT molecular complexity index is 1350. The molecular weight excluding hydrogens is 420 g/mol. The minimum absolute atomic E-state index is 0.504. The quantitative estimate of drug-likeness (QED) is 0.515. The van der Waals surface area contributed by atoms with Crippen molar-refractivity contribution in [2.45, 2.75) is 57.2 Å². The lowest BCUT2D eigenvalue weighted by Gasteiger charge is -2.43. The number of thiazole rings is 1. The van der Waals surface area contributed by atoms with E-state index in [1.165, 1.54) is 32.1 Å². The third-order valence-electron chi connectivity index (χ3n) is 6.73. The number of nitrogens with zero attached hydrogens (tertiary/aromatic N) is 7. The molecule has 3 atom stereocenters. The number of hydrogen-bond donors (Lipinski definition) is 1. The highest BCUT2D eigenvalue weighted by molar-refractivity contribution is 7.21. The second kappa shape index (κ2) is 7.50. The van der Waals surface area contributed by atoms with E-state index in [2.05, 4.69) is 33.3 Å². The highest BCUT2D eigenvalue weighted by atomic mass is 32.1. The van der Waals surface area contributed by atoms with Gasteiger partial charge in [0.2, 0.25) is 0 Å². The van der Waals surface area contributed by atoms with Crippen LogP contribution in [0.15, 0.2) is 24.7 Å². The molecule has 0 radical (unpaired) electrons. The number of aryl methyl sites for hydroxylation is 1. The summed E-state index contributed by atoms with van der Waals surface area (Å²) in [7, 11) is 2.16. The summed E-state index contributed by atoms with van der Waals surface area (Å²) in [6.07, 6.45) is 11.9. The van der Waals surface area contributed by atoms with E-state index in [4.69, 9.17) is 9.97 Å². The van der Waals surface area contributed by atoms with Crippen LogP contribution in [-0.2, 0) is 0 Å². The summed E-state index contributed by atoms with van der Waals surface area (Å²) < 4.78 is 1.87. The Morgan fingerprint density at radius 2 is 2.00 bits per heavy atom. The number of pyridine rings is 1. The van der Waals surface area contributed by atoms with Gasteiger partial charge in [-0.3, -0.25) is 0 Å². The Morgan fingerprint density at radius 3 is 2.78 bits per heavy atom. The van der Waals surface area contributed by atoms with Crippen molar-refractivity contribution in [2.24, 2.45) is 0 Å². The number of imidazole rings is 1. The number of rotatable bonds is 3. The predicted molar refractivity (Wildman–Crippen MR) is 125 cm³/mol. The molecule has 4 aromatic heterocycles. The normalized spacial score (nSPS) is 22.8. The van der Waals surface area contributed by atoms with Gasteiger partial charge in [0.1, 0.15) is 16.4 Å². The second-order valence-corrected chi connectivity index (χ2v) is 9.93. The van der Waals surface area contributed by atoms with Gasteiger partial charge in [0, 0.05) is 43.1 Å². The van der Waals surface area contributed by atoms with Crippen LogP contribution in [0.2, 0.25) is 0 Å². The van der Waals surface area contributed by atoms with Crippen LogP contribution >= 0.6 is 11.3 Å². The van der Waals surface area contributed by atoms with E-state index in [1.54, 1.807) is 17.5 Å². The average molecular weight is 445 g/mol. The van der Waals surface area contributed by atoms with Crippen LogP contribution in [0.3, 0.4) is 0 Å². The van der Waals surface area contributed by atoms with Crippen molar-refractivity contribution in [3.63, 3.8) is 0 Å². The van der Waals surface area contributed by atoms with Crippen LogP contribution in [-0.4, -0.2) is 49.5 Å². The molecule has 1 unspecified atom stereocenters. The summed E-state index contributed by atoms with van der Waals surface area (Å²) in [5.74, 6) is 0.594. The standard InChI is InChI=1S/C23H24N8S/c1-13-11-31-12-15(6-14(9-24)21(31)26-13)20-25-10-19-22(29-20)32-23(28-19)30(2)18-7-16-4-3-5-17(8-18)27-16/h6,10-12,16-18,27H,3-5,7-8H2,1-2H3/t16-,17+,18?. The molecule has 4 aromatic rings. The van der Waals surface area contributed by atoms with E-state index in [-0.39, 0.29) is 0 Å². The third-order valence-corrected chi connectivity index (χ3v) is 7.78. The molecule has 0 aromatic carbocycles. The Labute approximate surface area is 190 Å². The second-order valence-electron chi connectivity index (χ2n) is 8.98. The molecular formula is C23H24N8S. The van der Waals surface area contributed by atoms with E-state index in [0.717, 1.165) is 26.7 Å². The van der Waals surface area contributed by atoms with Crippen molar-refractivity contribution in [3.8, 4) is 17.5 Å². The summed E-state index contributed by atoms with van der Waals surface area (Å²) in [5, 5.41) is 14.3. The van der Waals surface area contributed by atoms with Gasteiger partial charge < -0.3 is 14.6 Å². The van der Waals surface area contributed by atoms with E-state index in [1.807, 2.05) is 29.8 Å². The zero-order valence-corrected chi connectivity index (χ0v) is 18.9. The van der Waals surface area contributed by atoms with Crippen LogP contribution in [0.4, 0.5) is 5.13 Å². The van der Waals surface area contributed by atoms with Crippen LogP contribution < -0.4 is 10.2 Å². The maximum absolute atomic E-state index is 9.57. The summed E-state index contributed by atoms with van der Waals surface area (Å²) in [4.78, 5) is 21.8. The first kappa shape index (κ1) is 19.6. The zero-order chi connectivity index (χ0) is 21.8. The average Bonchev–Trinajstić information content (AvgIpc) is 3.39. The van der Waals surface area contributed by atoms with Gasteiger partial charge in [0.05, 0.1) is 17.5 Å². The molecule has 2 aliphatic rings. The summed E-state index contributed by atoms with van der Waals surface area (Å²) >= 11 is 1.61. The molecule has 0 spiro atoms. The SMILES string of the molecule is Cc1cn2cc(-c3ncc4nc(N(C)C5C[C@H]6CCC[C@@H](C5)N6)sc4n3)cc(C#N)c2n1. The predicted octanol–water partition coefficient (Wildman–Crippen LogP) is 3.69. The number of anilines is 1. The van der Waals surface area contributed by atoms with Crippen molar-refractivity contribution in [1.82, 2.24) is 29.7 Å². The molecule has 6 rings (SSSR count). The molecule has 2 saturated heterocycles. The maximum Gasteiger partial charge on any atom is 0.187 e. The van der Waals surface area contributed by atoms with Gasteiger partial charge in [0.15, 0.2) is 16.6 Å². The first-order valence-corrected chi connectivity index (χ1v) is 11.9. The molecule has 0 saturated carbocycles. The first-order valence-electron chi connectivity index (χ1n) is 11.1. The number of hydrogen-bond acceptors (Lipinski definition) is 8. The number of fused-ring (bicyclic) bond motifs is 4. The highest BCUT2D eigenvalue weighted by Gasteiger charge is 2.33. The largest absolute Gasteiger partial charge is 0.348 e. The fourth-order valence-electron chi connectivity index (χ4n) is 5.15. The number of piperidine rings is 2. The van der Waals surface area contributed by atoms with Crippen LogP contribution in [0.1, 0.15) is 43.4 Å². The van der Waals surface area contributed by atoms with Gasteiger partial charge >= 0.3 is 0 Å². The topological polar surface area (TPSA) is 95.0 Å². The van der Waals surface area contributed by atoms with E-state index < -0.39 is 0 Å². The lowest BCUT2D eigenvalue weighted by Crippen LogP contribution is -2.54. The molecule has 0 aliphatic carbocycles. The van der Waals surface area contributed by atoms with E-state index in [0.29, 0.717) is 35.2 Å². The van der Waals surface area contributed by atoms with Crippen molar-refractivity contribution in [1.29, 1.82) is 5.26 Å². The molecule has 0 amide bonds. The first-order chi connectivity index (χ1) is 15.6. The third kappa shape index (κ3) is 3.31. The van der Waals surface area contributed by atoms with Crippen LogP contribution in [0.25, 0.3) is 27.4 Å². The van der Waals surface area contributed by atoms with Gasteiger partial charge in [-0.05, 0) is 38.7 Å². The van der Waals surface area contributed by atoms with Crippen molar-refractivity contribution >= 4 is 32.5 Å². The lowest BCUT2D eigenvalue weighted by molar-refractivity contribution is 0.219. The Balaban J connectivity index is 1.33.